The van der Waals surface area contributed by atoms with Gasteiger partial charge in [-0.15, -0.1) is 0 Å². The van der Waals surface area contributed by atoms with E-state index >= 15 is 0 Å². The molecule has 1 saturated carbocycles. The molecule has 0 aliphatic heterocycles. The van der Waals surface area contributed by atoms with Crippen molar-refractivity contribution in [1.29, 1.82) is 0 Å². The Morgan fingerprint density at radius 2 is 1.71 bits per heavy atom. The van der Waals surface area contributed by atoms with Crippen molar-refractivity contribution in [1.82, 2.24) is 10.6 Å². The maximum atomic E-state index is 12.3. The molecule has 6 nitrogen and oxygen atoms in total. The highest BCUT2D eigenvalue weighted by atomic mass is 79.9. The van der Waals surface area contributed by atoms with Crippen LogP contribution in [0.3, 0.4) is 0 Å². The lowest BCUT2D eigenvalue weighted by Gasteiger charge is -2.20. The summed E-state index contributed by atoms with van der Waals surface area (Å²) in [6, 6.07) is 4.74. The topological polar surface area (TPSA) is 95.5 Å². The van der Waals surface area contributed by atoms with E-state index < -0.39 is 24.0 Å². The number of rotatable bonds is 6. The highest BCUT2D eigenvalue weighted by Gasteiger charge is 2.28. The van der Waals surface area contributed by atoms with Gasteiger partial charge in [0.15, 0.2) is 6.04 Å². The molecule has 1 aromatic rings. The van der Waals surface area contributed by atoms with Crippen LogP contribution in [0.2, 0.25) is 0 Å². The van der Waals surface area contributed by atoms with Gasteiger partial charge in [-0.2, -0.15) is 0 Å². The molecule has 1 aliphatic carbocycles. The van der Waals surface area contributed by atoms with Crippen LogP contribution in [0.5, 0.6) is 0 Å². The molecule has 0 spiro atoms. The molecule has 1 fully saturated rings. The van der Waals surface area contributed by atoms with Crippen molar-refractivity contribution in [2.45, 2.75) is 44.7 Å². The van der Waals surface area contributed by atoms with Gasteiger partial charge in [-0.1, -0.05) is 40.9 Å². The van der Waals surface area contributed by atoms with Gasteiger partial charge < -0.3 is 15.7 Å². The summed E-state index contributed by atoms with van der Waals surface area (Å²) in [6.45, 7) is 1.56. The minimum atomic E-state index is -1.16. The molecule has 3 N–H and O–H groups in total. The zero-order chi connectivity index (χ0) is 17.7. The lowest BCUT2D eigenvalue weighted by molar-refractivity contribution is -0.142. The minimum Gasteiger partial charge on any atom is -0.479 e. The van der Waals surface area contributed by atoms with E-state index in [1.165, 1.54) is 0 Å². The van der Waals surface area contributed by atoms with Crippen LogP contribution in [0.4, 0.5) is 0 Å². The zero-order valence-electron chi connectivity index (χ0n) is 13.4. The number of aliphatic carboxylic acids is 1. The summed E-state index contributed by atoms with van der Waals surface area (Å²) < 4.78 is 0.818. The molecule has 24 heavy (non-hydrogen) atoms. The van der Waals surface area contributed by atoms with Crippen LogP contribution in [-0.2, 0) is 14.4 Å². The fourth-order valence-corrected chi connectivity index (χ4v) is 3.06. The van der Waals surface area contributed by atoms with Crippen LogP contribution in [0, 0.1) is 5.92 Å². The Bertz CT molecular complexity index is 612. The van der Waals surface area contributed by atoms with Gasteiger partial charge in [-0.05, 0) is 37.5 Å². The van der Waals surface area contributed by atoms with Crippen LogP contribution < -0.4 is 10.6 Å². The first-order valence-electron chi connectivity index (χ1n) is 7.97. The number of carbonyl (C=O) groups is 3. The molecular formula is C17H21BrN2O4. The van der Waals surface area contributed by atoms with E-state index in [1.54, 1.807) is 31.2 Å². The van der Waals surface area contributed by atoms with Crippen LogP contribution in [0.1, 0.15) is 44.2 Å². The Labute approximate surface area is 149 Å². The molecule has 1 aliphatic rings. The average molecular weight is 397 g/mol. The third-order valence-electron chi connectivity index (χ3n) is 4.21. The lowest BCUT2D eigenvalue weighted by Crippen LogP contribution is -2.48. The molecule has 7 heteroatoms. The molecular weight excluding hydrogens is 376 g/mol. The molecule has 0 aromatic heterocycles. The first-order valence-corrected chi connectivity index (χ1v) is 8.77. The molecule has 0 bridgehead atoms. The molecule has 2 atom stereocenters. The molecule has 2 unspecified atom stereocenters. The summed E-state index contributed by atoms with van der Waals surface area (Å²) in [5, 5.41) is 14.5. The summed E-state index contributed by atoms with van der Waals surface area (Å²) >= 11 is 3.28. The number of hydrogen-bond donors (Lipinski definition) is 3. The van der Waals surface area contributed by atoms with Gasteiger partial charge in [0.05, 0.1) is 0 Å². The standard InChI is InChI=1S/C17H21BrN2O4/c1-10(19-16(22)12-4-2-3-5-12)15(21)20-14(17(23)24)11-6-8-13(18)9-7-11/h6-10,12,14H,2-5H2,1H3,(H,19,22)(H,20,21)(H,23,24). The van der Waals surface area contributed by atoms with Crippen molar-refractivity contribution in [2.75, 3.05) is 0 Å². The molecule has 1 aromatic carbocycles. The number of carboxylic acid groups (broad SMARTS) is 1. The fraction of sp³-hybridized carbons (Fsp3) is 0.471. The van der Waals surface area contributed by atoms with Crippen LogP contribution in [0.25, 0.3) is 0 Å². The second-order valence-electron chi connectivity index (χ2n) is 6.04. The summed E-state index contributed by atoms with van der Waals surface area (Å²) in [5.41, 5.74) is 0.466. The molecule has 2 amide bonds. The Morgan fingerprint density at radius 3 is 2.25 bits per heavy atom. The Hall–Kier alpha value is -1.89. The van der Waals surface area contributed by atoms with Crippen molar-refractivity contribution in [3.05, 3.63) is 34.3 Å². The van der Waals surface area contributed by atoms with Gasteiger partial charge in [0, 0.05) is 10.4 Å². The third kappa shape index (κ3) is 4.80. The van der Waals surface area contributed by atoms with Crippen molar-refractivity contribution >= 4 is 33.7 Å². The first-order chi connectivity index (χ1) is 11.4. The van der Waals surface area contributed by atoms with Gasteiger partial charge >= 0.3 is 5.97 Å². The van der Waals surface area contributed by atoms with Crippen LogP contribution in [-0.4, -0.2) is 28.9 Å². The van der Waals surface area contributed by atoms with E-state index in [9.17, 15) is 19.5 Å². The fourth-order valence-electron chi connectivity index (χ4n) is 2.79. The quantitative estimate of drug-likeness (QED) is 0.687. The van der Waals surface area contributed by atoms with Crippen LogP contribution in [0.15, 0.2) is 28.7 Å². The number of nitrogens with one attached hydrogen (secondary N) is 2. The lowest BCUT2D eigenvalue weighted by atomic mass is 10.1. The van der Waals surface area contributed by atoms with E-state index in [1.807, 2.05) is 0 Å². The minimum absolute atomic E-state index is 0.0398. The van der Waals surface area contributed by atoms with E-state index in [0.29, 0.717) is 5.56 Å². The van der Waals surface area contributed by atoms with E-state index in [-0.39, 0.29) is 11.8 Å². The van der Waals surface area contributed by atoms with Crippen molar-refractivity contribution < 1.29 is 19.5 Å². The Morgan fingerprint density at radius 1 is 1.12 bits per heavy atom. The largest absolute Gasteiger partial charge is 0.479 e. The monoisotopic (exact) mass is 396 g/mol. The van der Waals surface area contributed by atoms with Gasteiger partial charge in [0.1, 0.15) is 6.04 Å². The molecule has 0 heterocycles. The van der Waals surface area contributed by atoms with Crippen molar-refractivity contribution in [3.63, 3.8) is 0 Å². The number of benzene rings is 1. The van der Waals surface area contributed by atoms with Crippen LogP contribution >= 0.6 is 15.9 Å². The van der Waals surface area contributed by atoms with Gasteiger partial charge in [0.2, 0.25) is 11.8 Å². The number of carboxylic acids is 1. The molecule has 0 radical (unpaired) electrons. The smallest absolute Gasteiger partial charge is 0.330 e. The summed E-state index contributed by atoms with van der Waals surface area (Å²) in [5.74, 6) is -1.84. The summed E-state index contributed by atoms with van der Waals surface area (Å²) in [6.07, 6.45) is 3.75. The summed E-state index contributed by atoms with van der Waals surface area (Å²) in [4.78, 5) is 35.8. The average Bonchev–Trinajstić information content (AvgIpc) is 3.07. The maximum absolute atomic E-state index is 12.3. The van der Waals surface area contributed by atoms with Gasteiger partial charge in [-0.25, -0.2) is 4.79 Å². The third-order valence-corrected chi connectivity index (χ3v) is 4.74. The maximum Gasteiger partial charge on any atom is 0.330 e. The predicted octanol–water partition coefficient (Wildman–Crippen LogP) is 2.39. The highest BCUT2D eigenvalue weighted by molar-refractivity contribution is 9.10. The molecule has 2 rings (SSSR count). The van der Waals surface area contributed by atoms with E-state index in [0.717, 1.165) is 30.2 Å². The Balaban J connectivity index is 1.97. The number of amides is 2. The predicted molar refractivity (Wildman–Crippen MR) is 92.2 cm³/mol. The number of carbonyl (C=O) groups excluding carboxylic acids is 2. The van der Waals surface area contributed by atoms with Gasteiger partial charge in [-0.3, -0.25) is 9.59 Å². The first kappa shape index (κ1) is 18.4. The number of halogens is 1. The molecule has 130 valence electrons. The zero-order valence-corrected chi connectivity index (χ0v) is 15.0. The van der Waals surface area contributed by atoms with E-state index in [2.05, 4.69) is 26.6 Å². The van der Waals surface area contributed by atoms with Crippen molar-refractivity contribution in [3.8, 4) is 0 Å². The van der Waals surface area contributed by atoms with Crippen molar-refractivity contribution in [2.24, 2.45) is 5.92 Å². The Kier molecular flexibility index (Phi) is 6.36. The molecule has 0 saturated heterocycles. The summed E-state index contributed by atoms with van der Waals surface area (Å²) in [7, 11) is 0. The van der Waals surface area contributed by atoms with E-state index in [4.69, 9.17) is 0 Å². The normalized spacial score (nSPS) is 17.1. The second kappa shape index (κ2) is 8.28. The second-order valence-corrected chi connectivity index (χ2v) is 6.96. The SMILES string of the molecule is CC(NC(=O)C1CCCC1)C(=O)NC(C(=O)O)c1ccc(Br)cc1. The number of hydrogen-bond acceptors (Lipinski definition) is 3. The highest BCUT2D eigenvalue weighted by Crippen LogP contribution is 2.24. The van der Waals surface area contributed by atoms with Gasteiger partial charge in [0.25, 0.3) is 0 Å².